The fourth-order valence-corrected chi connectivity index (χ4v) is 1.99. The lowest BCUT2D eigenvalue weighted by Gasteiger charge is -2.14. The number of anilines is 1. The first-order valence-corrected chi connectivity index (χ1v) is 7.40. The molecule has 2 N–H and O–H groups in total. The molecule has 2 aromatic rings. The van der Waals surface area contributed by atoms with E-state index in [1.54, 1.807) is 43.5 Å². The number of methoxy groups -OCH3 is 1. The standard InChI is InChI=1S/C18H19NO5/c1-12(18(22)19-14-5-9-16(23-2)10-6-14)24-17(21)11-13-3-7-15(20)8-4-13/h3-10,12,20H,11H2,1-2H3,(H,19,22)/t12-/m0/s1. The maximum absolute atomic E-state index is 12.0. The van der Waals surface area contributed by atoms with Crippen LogP contribution in [0, 0.1) is 0 Å². The van der Waals surface area contributed by atoms with E-state index in [1.165, 1.54) is 19.1 Å². The van der Waals surface area contributed by atoms with Gasteiger partial charge in [0.15, 0.2) is 6.10 Å². The summed E-state index contributed by atoms with van der Waals surface area (Å²) in [5.74, 6) is -0.127. The van der Waals surface area contributed by atoms with Crippen LogP contribution in [-0.4, -0.2) is 30.2 Å². The molecule has 0 aromatic heterocycles. The highest BCUT2D eigenvalue weighted by molar-refractivity contribution is 5.95. The van der Waals surface area contributed by atoms with E-state index in [-0.39, 0.29) is 12.2 Å². The molecule has 0 aliphatic carbocycles. The van der Waals surface area contributed by atoms with Crippen molar-refractivity contribution in [1.82, 2.24) is 0 Å². The van der Waals surface area contributed by atoms with Gasteiger partial charge in [-0.1, -0.05) is 12.1 Å². The number of ether oxygens (including phenoxy) is 2. The Balaban J connectivity index is 1.85. The molecule has 0 aliphatic rings. The largest absolute Gasteiger partial charge is 0.508 e. The van der Waals surface area contributed by atoms with Crippen LogP contribution in [0.5, 0.6) is 11.5 Å². The molecular weight excluding hydrogens is 310 g/mol. The molecule has 6 heteroatoms. The van der Waals surface area contributed by atoms with Gasteiger partial charge in [-0.15, -0.1) is 0 Å². The minimum Gasteiger partial charge on any atom is -0.508 e. The minimum absolute atomic E-state index is 0.0282. The number of carbonyl (C=O) groups is 2. The van der Waals surface area contributed by atoms with Crippen molar-refractivity contribution in [3.8, 4) is 11.5 Å². The molecule has 1 atom stereocenters. The highest BCUT2D eigenvalue weighted by atomic mass is 16.5. The lowest BCUT2D eigenvalue weighted by atomic mass is 10.1. The zero-order valence-electron chi connectivity index (χ0n) is 13.5. The van der Waals surface area contributed by atoms with Crippen LogP contribution in [0.2, 0.25) is 0 Å². The summed E-state index contributed by atoms with van der Waals surface area (Å²) in [6.07, 6.45) is -0.891. The third-order valence-corrected chi connectivity index (χ3v) is 3.32. The van der Waals surface area contributed by atoms with Gasteiger partial charge >= 0.3 is 5.97 Å². The average molecular weight is 329 g/mol. The zero-order valence-corrected chi connectivity index (χ0v) is 13.5. The molecule has 1 amide bonds. The van der Waals surface area contributed by atoms with E-state index in [0.717, 1.165) is 0 Å². The average Bonchev–Trinajstić information content (AvgIpc) is 2.57. The topological polar surface area (TPSA) is 84.9 Å². The molecule has 6 nitrogen and oxygen atoms in total. The Kier molecular flexibility index (Phi) is 5.78. The van der Waals surface area contributed by atoms with E-state index >= 15 is 0 Å². The van der Waals surface area contributed by atoms with Crippen LogP contribution in [0.3, 0.4) is 0 Å². The lowest BCUT2D eigenvalue weighted by Crippen LogP contribution is -2.30. The Labute approximate surface area is 140 Å². The first-order valence-electron chi connectivity index (χ1n) is 7.40. The molecule has 24 heavy (non-hydrogen) atoms. The number of esters is 1. The molecule has 0 heterocycles. The number of hydrogen-bond donors (Lipinski definition) is 2. The molecular formula is C18H19NO5. The van der Waals surface area contributed by atoms with Gasteiger partial charge in [-0.2, -0.15) is 0 Å². The maximum atomic E-state index is 12.0. The Morgan fingerprint density at radius 2 is 1.71 bits per heavy atom. The number of hydrogen-bond acceptors (Lipinski definition) is 5. The summed E-state index contributed by atoms with van der Waals surface area (Å²) in [6.45, 7) is 1.51. The van der Waals surface area contributed by atoms with E-state index in [9.17, 15) is 14.7 Å². The molecule has 0 spiro atoms. The number of amides is 1. The Hall–Kier alpha value is -3.02. The summed E-state index contributed by atoms with van der Waals surface area (Å²) in [5.41, 5.74) is 1.28. The normalized spacial score (nSPS) is 11.4. The van der Waals surface area contributed by atoms with E-state index in [1.807, 2.05) is 0 Å². The Morgan fingerprint density at radius 3 is 2.29 bits per heavy atom. The van der Waals surface area contributed by atoms with Crippen molar-refractivity contribution in [1.29, 1.82) is 0 Å². The van der Waals surface area contributed by atoms with Crippen molar-refractivity contribution in [3.63, 3.8) is 0 Å². The van der Waals surface area contributed by atoms with Crippen molar-refractivity contribution >= 4 is 17.6 Å². The van der Waals surface area contributed by atoms with Gasteiger partial charge in [0.1, 0.15) is 11.5 Å². The van der Waals surface area contributed by atoms with Crippen LogP contribution in [0.25, 0.3) is 0 Å². The molecule has 0 bridgehead atoms. The number of aromatic hydroxyl groups is 1. The molecule has 2 rings (SSSR count). The second-order valence-electron chi connectivity index (χ2n) is 5.19. The summed E-state index contributed by atoms with van der Waals surface area (Å²) in [6, 6.07) is 13.1. The van der Waals surface area contributed by atoms with Gasteiger partial charge < -0.3 is 19.9 Å². The van der Waals surface area contributed by atoms with Crippen molar-refractivity contribution in [2.75, 3.05) is 12.4 Å². The monoisotopic (exact) mass is 329 g/mol. The number of phenols is 1. The molecule has 0 saturated carbocycles. The summed E-state index contributed by atoms with van der Waals surface area (Å²) in [7, 11) is 1.56. The van der Waals surface area contributed by atoms with Gasteiger partial charge in [0.05, 0.1) is 13.5 Å². The van der Waals surface area contributed by atoms with Crippen LogP contribution in [-0.2, 0) is 20.7 Å². The van der Waals surface area contributed by atoms with Crippen molar-refractivity contribution in [3.05, 3.63) is 54.1 Å². The van der Waals surface area contributed by atoms with Crippen molar-refractivity contribution in [2.45, 2.75) is 19.4 Å². The fraction of sp³-hybridized carbons (Fsp3) is 0.222. The fourth-order valence-electron chi connectivity index (χ4n) is 1.99. The molecule has 126 valence electrons. The summed E-state index contributed by atoms with van der Waals surface area (Å²) in [4.78, 5) is 23.9. The second-order valence-corrected chi connectivity index (χ2v) is 5.19. The van der Waals surface area contributed by atoms with E-state index in [4.69, 9.17) is 9.47 Å². The minimum atomic E-state index is -0.920. The highest BCUT2D eigenvalue weighted by Gasteiger charge is 2.18. The third-order valence-electron chi connectivity index (χ3n) is 3.32. The summed E-state index contributed by atoms with van der Waals surface area (Å²) >= 11 is 0. The van der Waals surface area contributed by atoms with Gasteiger partial charge in [-0.05, 0) is 48.9 Å². The van der Waals surface area contributed by atoms with Crippen LogP contribution >= 0.6 is 0 Å². The molecule has 2 aromatic carbocycles. The van der Waals surface area contributed by atoms with Crippen LogP contribution in [0.4, 0.5) is 5.69 Å². The number of rotatable bonds is 6. The van der Waals surface area contributed by atoms with E-state index in [0.29, 0.717) is 17.0 Å². The molecule has 0 fully saturated rings. The molecule has 0 unspecified atom stereocenters. The molecule has 0 saturated heterocycles. The van der Waals surface area contributed by atoms with Crippen molar-refractivity contribution < 1.29 is 24.2 Å². The second kappa shape index (κ2) is 8.01. The zero-order chi connectivity index (χ0) is 17.5. The number of nitrogens with one attached hydrogen (secondary N) is 1. The first kappa shape index (κ1) is 17.3. The van der Waals surface area contributed by atoms with E-state index < -0.39 is 18.0 Å². The van der Waals surface area contributed by atoms with Crippen LogP contribution in [0.1, 0.15) is 12.5 Å². The van der Waals surface area contributed by atoms with Gasteiger partial charge in [0.2, 0.25) is 0 Å². The van der Waals surface area contributed by atoms with Crippen LogP contribution in [0.15, 0.2) is 48.5 Å². The number of benzene rings is 2. The summed E-state index contributed by atoms with van der Waals surface area (Å²) < 4.78 is 10.2. The SMILES string of the molecule is COc1ccc(NC(=O)[C@H](C)OC(=O)Cc2ccc(O)cc2)cc1. The Morgan fingerprint density at radius 1 is 1.08 bits per heavy atom. The van der Waals surface area contributed by atoms with E-state index in [2.05, 4.69) is 5.32 Å². The summed E-state index contributed by atoms with van der Waals surface area (Å²) in [5, 5.41) is 11.9. The molecule has 0 radical (unpaired) electrons. The van der Waals surface area contributed by atoms with Crippen LogP contribution < -0.4 is 10.1 Å². The number of phenolic OH excluding ortho intramolecular Hbond substituents is 1. The Bertz CT molecular complexity index is 694. The highest BCUT2D eigenvalue weighted by Crippen LogP contribution is 2.15. The first-order chi connectivity index (χ1) is 11.5. The van der Waals surface area contributed by atoms with Gasteiger partial charge in [-0.3, -0.25) is 9.59 Å². The predicted octanol–water partition coefficient (Wildman–Crippen LogP) is 2.51. The van der Waals surface area contributed by atoms with Crippen molar-refractivity contribution in [2.24, 2.45) is 0 Å². The third kappa shape index (κ3) is 5.01. The van der Waals surface area contributed by atoms with Gasteiger partial charge in [-0.25, -0.2) is 0 Å². The molecule has 0 aliphatic heterocycles. The van der Waals surface area contributed by atoms with Gasteiger partial charge in [0, 0.05) is 5.69 Å². The number of carbonyl (C=O) groups excluding carboxylic acids is 2. The lowest BCUT2D eigenvalue weighted by molar-refractivity contribution is -0.152. The quantitative estimate of drug-likeness (QED) is 0.796. The maximum Gasteiger partial charge on any atom is 0.311 e. The smallest absolute Gasteiger partial charge is 0.311 e. The van der Waals surface area contributed by atoms with Gasteiger partial charge in [0.25, 0.3) is 5.91 Å². The predicted molar refractivity (Wildman–Crippen MR) is 89.0 cm³/mol.